The summed E-state index contributed by atoms with van der Waals surface area (Å²) in [6.45, 7) is 0.618. The Balaban J connectivity index is 2.21. The second-order valence-corrected chi connectivity index (χ2v) is 4.61. The van der Waals surface area contributed by atoms with Crippen molar-refractivity contribution < 1.29 is 5.11 Å². The monoisotopic (exact) mass is 252 g/mol. The molecule has 3 rings (SSSR count). The van der Waals surface area contributed by atoms with Crippen molar-refractivity contribution in [1.29, 1.82) is 0 Å². The summed E-state index contributed by atoms with van der Waals surface area (Å²) < 4.78 is 0. The van der Waals surface area contributed by atoms with Gasteiger partial charge in [-0.3, -0.25) is 0 Å². The second kappa shape index (κ2) is 4.78. The van der Waals surface area contributed by atoms with E-state index in [0.717, 1.165) is 23.2 Å². The van der Waals surface area contributed by atoms with Crippen molar-refractivity contribution in [2.45, 2.75) is 6.42 Å². The molecule has 0 saturated carbocycles. The van der Waals surface area contributed by atoms with Crippen LogP contribution in [0.1, 0.15) is 5.56 Å². The molecule has 2 aromatic carbocycles. The molecule has 3 nitrogen and oxygen atoms in total. The van der Waals surface area contributed by atoms with Crippen LogP contribution in [0.15, 0.2) is 48.5 Å². The number of nitrogens with two attached hydrogens (primary N) is 1. The number of H-pyrrole nitrogens is 1. The van der Waals surface area contributed by atoms with Crippen molar-refractivity contribution in [3.05, 3.63) is 54.1 Å². The molecule has 0 bridgehead atoms. The number of fused-ring (bicyclic) bond motifs is 1. The van der Waals surface area contributed by atoms with E-state index >= 15 is 0 Å². The number of benzene rings is 2. The highest BCUT2D eigenvalue weighted by Gasteiger charge is 2.11. The molecule has 3 heteroatoms. The van der Waals surface area contributed by atoms with E-state index in [0.29, 0.717) is 6.54 Å². The predicted octanol–water partition coefficient (Wildman–Crippen LogP) is 3.04. The van der Waals surface area contributed by atoms with Crippen LogP contribution >= 0.6 is 0 Å². The van der Waals surface area contributed by atoms with E-state index < -0.39 is 0 Å². The molecule has 3 aromatic rings. The molecule has 1 heterocycles. The van der Waals surface area contributed by atoms with Crippen molar-refractivity contribution in [3.8, 4) is 17.0 Å². The van der Waals surface area contributed by atoms with E-state index in [2.05, 4.69) is 17.1 Å². The Hall–Kier alpha value is -2.26. The lowest BCUT2D eigenvalue weighted by Crippen LogP contribution is -2.03. The lowest BCUT2D eigenvalue weighted by atomic mass is 10.0. The van der Waals surface area contributed by atoms with Gasteiger partial charge in [-0.1, -0.05) is 18.2 Å². The molecule has 0 aliphatic rings. The minimum Gasteiger partial charge on any atom is -0.508 e. The van der Waals surface area contributed by atoms with E-state index in [4.69, 9.17) is 5.73 Å². The van der Waals surface area contributed by atoms with E-state index in [1.54, 1.807) is 12.1 Å². The van der Waals surface area contributed by atoms with Crippen LogP contribution in [0, 0.1) is 0 Å². The van der Waals surface area contributed by atoms with E-state index in [-0.39, 0.29) is 5.75 Å². The fourth-order valence-electron chi connectivity index (χ4n) is 2.48. The number of nitrogens with one attached hydrogen (secondary N) is 1. The molecule has 0 radical (unpaired) electrons. The number of hydrogen-bond donors (Lipinski definition) is 3. The molecule has 0 fully saturated rings. The lowest BCUT2D eigenvalue weighted by molar-refractivity contribution is 0.475. The fourth-order valence-corrected chi connectivity index (χ4v) is 2.48. The first-order valence-corrected chi connectivity index (χ1v) is 6.38. The first-order chi connectivity index (χ1) is 9.29. The highest BCUT2D eigenvalue weighted by atomic mass is 16.3. The van der Waals surface area contributed by atoms with Crippen molar-refractivity contribution in [1.82, 2.24) is 4.98 Å². The molecule has 0 unspecified atom stereocenters. The minimum absolute atomic E-state index is 0.278. The van der Waals surface area contributed by atoms with Crippen LogP contribution in [-0.4, -0.2) is 16.6 Å². The van der Waals surface area contributed by atoms with Gasteiger partial charge in [0, 0.05) is 16.6 Å². The molecule has 0 aliphatic heterocycles. The molecule has 0 saturated heterocycles. The standard InChI is InChI=1S/C16H16N2O/c17-10-9-14-13-3-1-2-4-15(13)18-16(14)11-5-7-12(19)8-6-11/h1-8,18-19H,9-10,17H2. The number of aromatic hydroxyl groups is 1. The van der Waals surface area contributed by atoms with Crippen LogP contribution in [0.3, 0.4) is 0 Å². The van der Waals surface area contributed by atoms with Gasteiger partial charge in [0.05, 0.1) is 0 Å². The first kappa shape index (κ1) is 11.8. The molecule has 0 amide bonds. The molecule has 0 atom stereocenters. The Bertz CT molecular complexity index is 698. The third-order valence-electron chi connectivity index (χ3n) is 3.36. The Morgan fingerprint density at radius 2 is 1.74 bits per heavy atom. The predicted molar refractivity (Wildman–Crippen MR) is 78.2 cm³/mol. The Labute approximate surface area is 111 Å². The number of aromatic nitrogens is 1. The van der Waals surface area contributed by atoms with Crippen LogP contribution in [-0.2, 0) is 6.42 Å². The van der Waals surface area contributed by atoms with Crippen molar-refractivity contribution in [2.75, 3.05) is 6.54 Å². The summed E-state index contributed by atoms with van der Waals surface area (Å²) in [6.07, 6.45) is 0.834. The lowest BCUT2D eigenvalue weighted by Gasteiger charge is -2.04. The molecular formula is C16H16N2O. The Morgan fingerprint density at radius 3 is 2.47 bits per heavy atom. The zero-order valence-electron chi connectivity index (χ0n) is 10.6. The second-order valence-electron chi connectivity index (χ2n) is 4.61. The Kier molecular flexibility index (Phi) is 2.97. The maximum Gasteiger partial charge on any atom is 0.115 e. The zero-order valence-corrected chi connectivity index (χ0v) is 10.6. The Morgan fingerprint density at radius 1 is 1.00 bits per heavy atom. The smallest absolute Gasteiger partial charge is 0.115 e. The zero-order chi connectivity index (χ0) is 13.2. The number of phenols is 1. The summed E-state index contributed by atoms with van der Waals surface area (Å²) in [7, 11) is 0. The van der Waals surface area contributed by atoms with Crippen molar-refractivity contribution in [2.24, 2.45) is 5.73 Å². The summed E-state index contributed by atoms with van der Waals surface area (Å²) in [5.41, 5.74) is 10.2. The maximum absolute atomic E-state index is 9.39. The SMILES string of the molecule is NCCc1c(-c2ccc(O)cc2)[nH]c2ccccc12. The van der Waals surface area contributed by atoms with E-state index in [9.17, 15) is 5.11 Å². The third kappa shape index (κ3) is 2.09. The van der Waals surface area contributed by atoms with E-state index in [1.807, 2.05) is 24.3 Å². The van der Waals surface area contributed by atoms with Crippen LogP contribution in [0.25, 0.3) is 22.2 Å². The molecule has 4 N–H and O–H groups in total. The average Bonchev–Trinajstić information content (AvgIpc) is 2.79. The van der Waals surface area contributed by atoms with Gasteiger partial charge in [0.1, 0.15) is 5.75 Å². The highest BCUT2D eigenvalue weighted by molar-refractivity contribution is 5.90. The summed E-state index contributed by atoms with van der Waals surface area (Å²) in [4.78, 5) is 3.45. The number of aromatic amines is 1. The fraction of sp³-hybridized carbons (Fsp3) is 0.125. The van der Waals surface area contributed by atoms with Gasteiger partial charge < -0.3 is 15.8 Å². The molecular weight excluding hydrogens is 236 g/mol. The van der Waals surface area contributed by atoms with Gasteiger partial charge in [-0.25, -0.2) is 0 Å². The summed E-state index contributed by atoms with van der Waals surface area (Å²) in [5, 5.41) is 10.6. The molecule has 96 valence electrons. The summed E-state index contributed by atoms with van der Waals surface area (Å²) >= 11 is 0. The van der Waals surface area contributed by atoms with Crippen molar-refractivity contribution in [3.63, 3.8) is 0 Å². The summed E-state index contributed by atoms with van der Waals surface area (Å²) in [5.74, 6) is 0.278. The number of hydrogen-bond acceptors (Lipinski definition) is 2. The molecule has 19 heavy (non-hydrogen) atoms. The first-order valence-electron chi connectivity index (χ1n) is 6.38. The number of para-hydroxylation sites is 1. The van der Waals surface area contributed by atoms with Crippen LogP contribution in [0.5, 0.6) is 5.75 Å². The summed E-state index contributed by atoms with van der Waals surface area (Å²) in [6, 6.07) is 15.5. The molecule has 1 aromatic heterocycles. The maximum atomic E-state index is 9.39. The normalized spacial score (nSPS) is 11.0. The quantitative estimate of drug-likeness (QED) is 0.671. The number of phenolic OH excluding ortho intramolecular Hbond substituents is 1. The van der Waals surface area contributed by atoms with Gasteiger partial charge >= 0.3 is 0 Å². The van der Waals surface area contributed by atoms with Crippen LogP contribution in [0.4, 0.5) is 0 Å². The van der Waals surface area contributed by atoms with E-state index in [1.165, 1.54) is 10.9 Å². The third-order valence-corrected chi connectivity index (χ3v) is 3.36. The van der Waals surface area contributed by atoms with Crippen LogP contribution in [0.2, 0.25) is 0 Å². The number of rotatable bonds is 3. The van der Waals surface area contributed by atoms with Crippen molar-refractivity contribution >= 4 is 10.9 Å². The van der Waals surface area contributed by atoms with Crippen LogP contribution < -0.4 is 5.73 Å². The van der Waals surface area contributed by atoms with Gasteiger partial charge in [0.15, 0.2) is 0 Å². The largest absolute Gasteiger partial charge is 0.508 e. The highest BCUT2D eigenvalue weighted by Crippen LogP contribution is 2.31. The van der Waals surface area contributed by atoms with Gasteiger partial charge in [-0.2, -0.15) is 0 Å². The van der Waals surface area contributed by atoms with Gasteiger partial charge in [0.25, 0.3) is 0 Å². The van der Waals surface area contributed by atoms with Gasteiger partial charge in [-0.05, 0) is 54.4 Å². The average molecular weight is 252 g/mol. The minimum atomic E-state index is 0.278. The topological polar surface area (TPSA) is 62.0 Å². The van der Waals surface area contributed by atoms with Gasteiger partial charge in [0.2, 0.25) is 0 Å². The molecule has 0 spiro atoms. The van der Waals surface area contributed by atoms with Gasteiger partial charge in [-0.15, -0.1) is 0 Å². The molecule has 0 aliphatic carbocycles.